The molecule has 0 atom stereocenters. The summed E-state index contributed by atoms with van der Waals surface area (Å²) < 4.78 is 0. The number of H-pyrrole nitrogens is 1. The van der Waals surface area contributed by atoms with Gasteiger partial charge in [-0.2, -0.15) is 0 Å². The van der Waals surface area contributed by atoms with Gasteiger partial charge in [-0.05, 0) is 48.7 Å². The minimum absolute atomic E-state index is 0.193. The molecule has 2 heterocycles. The summed E-state index contributed by atoms with van der Waals surface area (Å²) in [6, 6.07) is 16.9. The Hall–Kier alpha value is -2.89. The number of thiophene rings is 1. The number of benzene rings is 2. The van der Waals surface area contributed by atoms with Gasteiger partial charge < -0.3 is 10.3 Å². The Morgan fingerprint density at radius 3 is 2.74 bits per heavy atom. The molecule has 6 heteroatoms. The second kappa shape index (κ2) is 7.39. The van der Waals surface area contributed by atoms with Crippen LogP contribution in [-0.2, 0) is 0 Å². The van der Waals surface area contributed by atoms with Gasteiger partial charge in [0.15, 0.2) is 0 Å². The van der Waals surface area contributed by atoms with Gasteiger partial charge in [-0.15, -0.1) is 11.3 Å². The summed E-state index contributed by atoms with van der Waals surface area (Å²) >= 11 is 7.32. The fraction of sp³-hybridized carbons (Fsp3) is 0.0476. The maximum absolute atomic E-state index is 12.6. The minimum atomic E-state index is -0.193. The summed E-state index contributed by atoms with van der Waals surface area (Å²) in [4.78, 5) is 20.5. The number of nitrogens with one attached hydrogen (secondary N) is 2. The van der Waals surface area contributed by atoms with Crippen molar-refractivity contribution >= 4 is 56.7 Å². The Bertz CT molecular complexity index is 1140. The van der Waals surface area contributed by atoms with Crippen molar-refractivity contribution in [2.75, 3.05) is 5.32 Å². The zero-order chi connectivity index (χ0) is 18.8. The number of halogens is 1. The average Bonchev–Trinajstić information content (AvgIpc) is 3.25. The monoisotopic (exact) mass is 393 g/mol. The summed E-state index contributed by atoms with van der Waals surface area (Å²) in [5.41, 5.74) is 4.39. The van der Waals surface area contributed by atoms with Gasteiger partial charge in [0.25, 0.3) is 5.91 Å². The molecule has 0 aliphatic carbocycles. The Morgan fingerprint density at radius 1 is 1.15 bits per heavy atom. The van der Waals surface area contributed by atoms with E-state index in [1.807, 2.05) is 36.7 Å². The maximum Gasteiger partial charge on any atom is 0.258 e. The lowest BCUT2D eigenvalue weighted by molar-refractivity contribution is 0.102. The standard InChI is InChI=1S/C21H16ClN3OS/c1-13-18(16-4-2-3-5-19(16)24-13)12-23-21-17(10-11-27-21)20(26)25-15-8-6-14(22)7-9-15/h2-12,24H,1H3,(H,25,26). The van der Waals surface area contributed by atoms with Crippen molar-refractivity contribution in [1.29, 1.82) is 0 Å². The molecule has 2 aromatic heterocycles. The van der Waals surface area contributed by atoms with E-state index in [1.165, 1.54) is 11.3 Å². The number of para-hydroxylation sites is 1. The molecule has 0 radical (unpaired) electrons. The van der Waals surface area contributed by atoms with Crippen LogP contribution >= 0.6 is 22.9 Å². The summed E-state index contributed by atoms with van der Waals surface area (Å²) in [7, 11) is 0. The maximum atomic E-state index is 12.6. The van der Waals surface area contributed by atoms with Crippen molar-refractivity contribution < 1.29 is 4.79 Å². The molecular weight excluding hydrogens is 378 g/mol. The summed E-state index contributed by atoms with van der Waals surface area (Å²) in [5.74, 6) is -0.193. The molecule has 4 nitrogen and oxygen atoms in total. The molecule has 0 unspecified atom stereocenters. The van der Waals surface area contributed by atoms with E-state index in [9.17, 15) is 4.79 Å². The average molecular weight is 394 g/mol. The molecular formula is C21H16ClN3OS. The van der Waals surface area contributed by atoms with Gasteiger partial charge in [0.2, 0.25) is 0 Å². The number of rotatable bonds is 4. The number of nitrogens with zero attached hydrogens (tertiary/aromatic N) is 1. The third-order valence-corrected chi connectivity index (χ3v) is 5.32. The van der Waals surface area contributed by atoms with E-state index in [0.717, 1.165) is 22.2 Å². The fourth-order valence-corrected chi connectivity index (χ4v) is 3.75. The highest BCUT2D eigenvalue weighted by Gasteiger charge is 2.13. The highest BCUT2D eigenvalue weighted by Crippen LogP contribution is 2.28. The number of hydrogen-bond acceptors (Lipinski definition) is 3. The zero-order valence-corrected chi connectivity index (χ0v) is 16.1. The van der Waals surface area contributed by atoms with Crippen LogP contribution in [-0.4, -0.2) is 17.1 Å². The molecule has 0 saturated carbocycles. The van der Waals surface area contributed by atoms with Crippen molar-refractivity contribution in [3.05, 3.63) is 81.8 Å². The number of aryl methyl sites for hydroxylation is 1. The normalized spacial score (nSPS) is 11.3. The molecule has 0 aliphatic heterocycles. The predicted octanol–water partition coefficient (Wildman–Crippen LogP) is 6.19. The van der Waals surface area contributed by atoms with Crippen LogP contribution in [0.2, 0.25) is 5.02 Å². The van der Waals surface area contributed by atoms with E-state index in [1.54, 1.807) is 30.3 Å². The van der Waals surface area contributed by atoms with Gasteiger partial charge in [-0.1, -0.05) is 29.8 Å². The Morgan fingerprint density at radius 2 is 1.93 bits per heavy atom. The first-order chi connectivity index (χ1) is 13.1. The van der Waals surface area contributed by atoms with Crippen molar-refractivity contribution in [2.24, 2.45) is 4.99 Å². The SMILES string of the molecule is Cc1[nH]c2ccccc2c1C=Nc1sccc1C(=O)Nc1ccc(Cl)cc1. The molecule has 0 saturated heterocycles. The third-order valence-electron chi connectivity index (χ3n) is 4.25. The first-order valence-electron chi connectivity index (χ1n) is 8.37. The number of anilines is 1. The van der Waals surface area contributed by atoms with Gasteiger partial charge in [0.05, 0.1) is 5.56 Å². The van der Waals surface area contributed by atoms with Gasteiger partial charge in [0.1, 0.15) is 5.00 Å². The second-order valence-electron chi connectivity index (χ2n) is 6.07. The highest BCUT2D eigenvalue weighted by atomic mass is 35.5. The second-order valence-corrected chi connectivity index (χ2v) is 7.40. The first kappa shape index (κ1) is 17.5. The van der Waals surface area contributed by atoms with Crippen LogP contribution < -0.4 is 5.32 Å². The van der Waals surface area contributed by atoms with Gasteiger partial charge in [-0.25, -0.2) is 4.99 Å². The molecule has 1 amide bonds. The molecule has 2 aromatic carbocycles. The van der Waals surface area contributed by atoms with E-state index in [4.69, 9.17) is 11.6 Å². The zero-order valence-electron chi connectivity index (χ0n) is 14.5. The summed E-state index contributed by atoms with van der Waals surface area (Å²) in [6.07, 6.45) is 1.82. The molecule has 2 N–H and O–H groups in total. The van der Waals surface area contributed by atoms with E-state index in [-0.39, 0.29) is 5.91 Å². The van der Waals surface area contributed by atoms with E-state index >= 15 is 0 Å². The van der Waals surface area contributed by atoms with Crippen molar-refractivity contribution in [2.45, 2.75) is 6.92 Å². The molecule has 0 spiro atoms. The minimum Gasteiger partial charge on any atom is -0.358 e. The number of aromatic nitrogens is 1. The Balaban J connectivity index is 1.60. The lowest BCUT2D eigenvalue weighted by atomic mass is 10.1. The Kier molecular flexibility index (Phi) is 4.79. The first-order valence-corrected chi connectivity index (χ1v) is 9.63. The molecule has 0 fully saturated rings. The molecule has 0 bridgehead atoms. The quantitative estimate of drug-likeness (QED) is 0.399. The number of aromatic amines is 1. The van der Waals surface area contributed by atoms with E-state index < -0.39 is 0 Å². The number of hydrogen-bond donors (Lipinski definition) is 2. The van der Waals surface area contributed by atoms with Crippen LogP contribution in [0.4, 0.5) is 10.7 Å². The number of amides is 1. The lowest BCUT2D eigenvalue weighted by Crippen LogP contribution is -2.10. The molecule has 4 aromatic rings. The largest absolute Gasteiger partial charge is 0.358 e. The van der Waals surface area contributed by atoms with Gasteiger partial charge in [-0.3, -0.25) is 4.79 Å². The summed E-state index contributed by atoms with van der Waals surface area (Å²) in [5, 5.41) is 7.16. The van der Waals surface area contributed by atoms with Crippen LogP contribution in [0.15, 0.2) is 65.0 Å². The fourth-order valence-electron chi connectivity index (χ4n) is 2.89. The lowest BCUT2D eigenvalue weighted by Gasteiger charge is -2.04. The Labute approximate surface area is 165 Å². The van der Waals surface area contributed by atoms with E-state index in [2.05, 4.69) is 21.4 Å². The van der Waals surface area contributed by atoms with Crippen LogP contribution in [0, 0.1) is 6.92 Å². The number of carbonyl (C=O) groups is 1. The number of fused-ring (bicyclic) bond motifs is 1. The smallest absolute Gasteiger partial charge is 0.258 e. The van der Waals surface area contributed by atoms with Gasteiger partial charge >= 0.3 is 0 Å². The van der Waals surface area contributed by atoms with Crippen LogP contribution in [0.5, 0.6) is 0 Å². The molecule has 134 valence electrons. The van der Waals surface area contributed by atoms with Crippen LogP contribution in [0.3, 0.4) is 0 Å². The van der Waals surface area contributed by atoms with E-state index in [0.29, 0.717) is 21.3 Å². The van der Waals surface area contributed by atoms with Crippen LogP contribution in [0.25, 0.3) is 10.9 Å². The highest BCUT2D eigenvalue weighted by molar-refractivity contribution is 7.14. The van der Waals surface area contributed by atoms with Crippen molar-refractivity contribution in [3.63, 3.8) is 0 Å². The van der Waals surface area contributed by atoms with Crippen LogP contribution in [0.1, 0.15) is 21.6 Å². The molecule has 0 aliphatic rings. The number of carbonyl (C=O) groups excluding carboxylic acids is 1. The topological polar surface area (TPSA) is 57.2 Å². The van der Waals surface area contributed by atoms with Gasteiger partial charge in [0, 0.05) is 39.1 Å². The number of aliphatic imine (C=N–C) groups is 1. The summed E-state index contributed by atoms with van der Waals surface area (Å²) in [6.45, 7) is 2.02. The van der Waals surface area contributed by atoms with Crippen molar-refractivity contribution in [3.8, 4) is 0 Å². The molecule has 4 rings (SSSR count). The predicted molar refractivity (Wildman–Crippen MR) is 114 cm³/mol. The molecule has 27 heavy (non-hydrogen) atoms. The van der Waals surface area contributed by atoms with Crippen molar-refractivity contribution in [1.82, 2.24) is 4.98 Å². The third kappa shape index (κ3) is 3.65.